The Labute approximate surface area is 330 Å². The summed E-state index contributed by atoms with van der Waals surface area (Å²) < 4.78 is 0. The first-order valence-electron chi connectivity index (χ1n) is 22.1. The van der Waals surface area contributed by atoms with Crippen molar-refractivity contribution in [2.75, 3.05) is 32.7 Å². The predicted octanol–water partition coefficient (Wildman–Crippen LogP) is 10.9. The number of carbonyl (C=O) groups is 2. The maximum Gasteiger partial charge on any atom is 0.228 e. The topological polar surface area (TPSA) is 60.9 Å². The van der Waals surface area contributed by atoms with Gasteiger partial charge in [0, 0.05) is 44.1 Å². The molecule has 54 heavy (non-hydrogen) atoms. The van der Waals surface area contributed by atoms with Gasteiger partial charge in [0.1, 0.15) is 0 Å². The van der Waals surface area contributed by atoms with Crippen molar-refractivity contribution in [3.63, 3.8) is 0 Å². The minimum absolute atomic E-state index is 0.0104. The van der Waals surface area contributed by atoms with E-state index in [1.54, 1.807) is 0 Å². The van der Waals surface area contributed by atoms with E-state index in [9.17, 15) is 14.7 Å². The molecule has 0 aromatic rings. The van der Waals surface area contributed by atoms with E-state index in [1.807, 2.05) is 0 Å². The molecule has 5 nitrogen and oxygen atoms in total. The van der Waals surface area contributed by atoms with E-state index in [2.05, 4.69) is 110 Å². The summed E-state index contributed by atoms with van der Waals surface area (Å²) in [5.74, 6) is 1.29. The monoisotopic (exact) mass is 743 g/mol. The molecule has 0 spiro atoms. The van der Waals surface area contributed by atoms with Crippen LogP contribution in [0.5, 0.6) is 0 Å². The van der Waals surface area contributed by atoms with Crippen molar-refractivity contribution < 1.29 is 14.7 Å². The van der Waals surface area contributed by atoms with E-state index < -0.39 is 5.41 Å². The average molecular weight is 743 g/mol. The van der Waals surface area contributed by atoms with Gasteiger partial charge >= 0.3 is 0 Å². The molecule has 5 aliphatic carbocycles. The fourth-order valence-electron chi connectivity index (χ4n) is 13.5. The van der Waals surface area contributed by atoms with Crippen molar-refractivity contribution >= 4 is 11.7 Å². The molecule has 5 heteroatoms. The maximum atomic E-state index is 14.7. The van der Waals surface area contributed by atoms with Gasteiger partial charge in [-0.25, -0.2) is 0 Å². The Bertz CT molecular complexity index is 1570. The summed E-state index contributed by atoms with van der Waals surface area (Å²) in [6.45, 7) is 29.9. The number of hydrogen-bond donors (Lipinski definition) is 1. The second kappa shape index (κ2) is 15.1. The van der Waals surface area contributed by atoms with E-state index in [0.717, 1.165) is 110 Å². The predicted molar refractivity (Wildman–Crippen MR) is 224 cm³/mol. The van der Waals surface area contributed by atoms with Gasteiger partial charge in [-0.3, -0.25) is 14.5 Å². The Balaban J connectivity index is 1.11. The van der Waals surface area contributed by atoms with Crippen LogP contribution < -0.4 is 0 Å². The lowest BCUT2D eigenvalue weighted by molar-refractivity contribution is -0.202. The molecule has 4 saturated carbocycles. The van der Waals surface area contributed by atoms with Gasteiger partial charge in [-0.05, 0) is 156 Å². The Morgan fingerprint density at radius 3 is 2.09 bits per heavy atom. The summed E-state index contributed by atoms with van der Waals surface area (Å²) in [4.78, 5) is 34.0. The molecule has 9 atom stereocenters. The molecule has 0 unspecified atom stereocenters. The van der Waals surface area contributed by atoms with Gasteiger partial charge in [-0.2, -0.15) is 0 Å². The highest BCUT2D eigenvalue weighted by Gasteiger charge is 2.70. The Hall–Kier alpha value is -1.98. The molecule has 0 aromatic carbocycles. The zero-order valence-electron chi connectivity index (χ0n) is 36.5. The number of carbonyl (C=O) groups excluding carboxylic acids is 2. The first-order chi connectivity index (χ1) is 25.2. The summed E-state index contributed by atoms with van der Waals surface area (Å²) in [6.07, 6.45) is 22.5. The maximum absolute atomic E-state index is 14.7. The van der Waals surface area contributed by atoms with Crippen molar-refractivity contribution in [3.8, 4) is 0 Å². The Kier molecular flexibility index (Phi) is 11.6. The number of ketones is 1. The van der Waals surface area contributed by atoms with Crippen LogP contribution in [0.15, 0.2) is 46.6 Å². The summed E-state index contributed by atoms with van der Waals surface area (Å²) in [7, 11) is 0. The largest absolute Gasteiger partial charge is 0.393 e. The van der Waals surface area contributed by atoms with Crippen LogP contribution in [-0.2, 0) is 9.59 Å². The van der Waals surface area contributed by atoms with Gasteiger partial charge < -0.3 is 10.0 Å². The van der Waals surface area contributed by atoms with Gasteiger partial charge in [-0.15, -0.1) is 0 Å². The number of aliphatic hydroxyl groups is 1. The van der Waals surface area contributed by atoms with Crippen LogP contribution in [0, 0.1) is 50.2 Å². The highest BCUT2D eigenvalue weighted by molar-refractivity contribution is 5.95. The van der Waals surface area contributed by atoms with E-state index in [-0.39, 0.29) is 45.0 Å². The minimum atomic E-state index is -0.396. The summed E-state index contributed by atoms with van der Waals surface area (Å²) in [5, 5.41) is 11.1. The molecule has 0 aromatic heterocycles. The van der Waals surface area contributed by atoms with Crippen LogP contribution in [0.2, 0.25) is 0 Å². The molecule has 6 aliphatic rings. The number of nitrogens with zero attached hydrogens (tertiary/aromatic N) is 2. The Morgan fingerprint density at radius 2 is 1.43 bits per heavy atom. The van der Waals surface area contributed by atoms with Gasteiger partial charge in [-0.1, -0.05) is 89.0 Å². The third-order valence-electron chi connectivity index (χ3n) is 17.6. The summed E-state index contributed by atoms with van der Waals surface area (Å²) in [5.41, 5.74) is 5.02. The second-order valence-electron chi connectivity index (χ2n) is 21.7. The van der Waals surface area contributed by atoms with Crippen LogP contribution in [0.25, 0.3) is 0 Å². The number of aliphatic hydroxyl groups excluding tert-OH is 1. The molecule has 0 bridgehead atoms. The van der Waals surface area contributed by atoms with Crippen molar-refractivity contribution in [3.05, 3.63) is 46.6 Å². The van der Waals surface area contributed by atoms with Gasteiger partial charge in [0.05, 0.1) is 6.10 Å². The summed E-state index contributed by atoms with van der Waals surface area (Å²) in [6, 6.07) is 0. The van der Waals surface area contributed by atoms with E-state index >= 15 is 0 Å². The molecule has 1 heterocycles. The molecule has 0 radical (unpaired) electrons. The summed E-state index contributed by atoms with van der Waals surface area (Å²) >= 11 is 0. The number of piperazine rings is 1. The molecule has 6 rings (SSSR count). The highest BCUT2D eigenvalue weighted by atomic mass is 16.3. The lowest BCUT2D eigenvalue weighted by Gasteiger charge is -2.70. The fraction of sp³-hybridized carbons (Fsp3) is 0.796. The van der Waals surface area contributed by atoms with Crippen LogP contribution >= 0.6 is 0 Å². The normalized spacial score (nSPS) is 41.2. The van der Waals surface area contributed by atoms with Crippen molar-refractivity contribution in [1.29, 1.82) is 0 Å². The molecular weight excluding hydrogens is 665 g/mol. The van der Waals surface area contributed by atoms with Crippen LogP contribution in [0.3, 0.4) is 0 Å². The molecular formula is C49H78N2O3. The molecule has 1 saturated heterocycles. The standard InChI is InChI=1S/C49H78N2O3/c1-34(2)14-12-15-35(3)16-13-17-36(4)20-27-50-28-30-51(31-29-50)43(54)46(8)24-23-45(7)25-26-48(10)37(38(45)33-46)32-39(52)42-47(9)21-19-41(53)44(5,6)40(47)18-22-49(42,48)11/h14,16,20,32,38,40-42,53H,12-13,15,17-19,21-31,33H2,1-11H3/b35-16+,36-20+/t38-,40-,41-,42+,45+,46-,47-,48+,49+/m0/s1. The average Bonchev–Trinajstić information content (AvgIpc) is 3.10. The highest BCUT2D eigenvalue weighted by Crippen LogP contribution is 2.75. The number of amides is 1. The molecule has 5 fully saturated rings. The van der Waals surface area contributed by atoms with Crippen molar-refractivity contribution in [2.45, 2.75) is 166 Å². The van der Waals surface area contributed by atoms with Crippen LogP contribution in [0.1, 0.15) is 160 Å². The second-order valence-corrected chi connectivity index (χ2v) is 21.7. The minimum Gasteiger partial charge on any atom is -0.393 e. The molecule has 1 amide bonds. The number of rotatable bonds is 9. The number of allylic oxidation sites excluding steroid dienone is 7. The van der Waals surface area contributed by atoms with E-state index in [4.69, 9.17) is 0 Å². The molecule has 1 aliphatic heterocycles. The van der Waals surface area contributed by atoms with Crippen LogP contribution in [0.4, 0.5) is 0 Å². The lowest BCUT2D eigenvalue weighted by Crippen LogP contribution is -2.66. The third-order valence-corrected chi connectivity index (χ3v) is 17.6. The van der Waals surface area contributed by atoms with Gasteiger partial charge in [0.2, 0.25) is 5.91 Å². The third kappa shape index (κ3) is 7.22. The SMILES string of the molecule is CC(C)=CCC/C(C)=C/CC/C(C)=C/CN1CCN(C(=O)[C@@]2(C)CC[C@]3(C)CC[C@]4(C)C(=CC(=O)[C@@H]5[C@@]6(C)CC[C@H](O)C(C)(C)[C@@H]6CC[C@]54C)[C@@H]3C2)CC1. The van der Waals surface area contributed by atoms with Crippen LogP contribution in [-0.4, -0.2) is 65.4 Å². The zero-order chi connectivity index (χ0) is 39.5. The lowest BCUT2D eigenvalue weighted by atomic mass is 9.33. The van der Waals surface area contributed by atoms with E-state index in [1.165, 1.54) is 28.7 Å². The first-order valence-corrected chi connectivity index (χ1v) is 22.1. The van der Waals surface area contributed by atoms with Crippen molar-refractivity contribution in [1.82, 2.24) is 9.80 Å². The smallest absolute Gasteiger partial charge is 0.228 e. The zero-order valence-corrected chi connectivity index (χ0v) is 36.5. The Morgan fingerprint density at radius 1 is 0.796 bits per heavy atom. The van der Waals surface area contributed by atoms with E-state index in [0.29, 0.717) is 17.6 Å². The van der Waals surface area contributed by atoms with Crippen molar-refractivity contribution in [2.24, 2.45) is 50.2 Å². The molecule has 1 N–H and O–H groups in total. The first kappa shape index (κ1) is 41.6. The fourth-order valence-corrected chi connectivity index (χ4v) is 13.5. The quantitative estimate of drug-likeness (QED) is 0.239. The van der Waals surface area contributed by atoms with Gasteiger partial charge in [0.15, 0.2) is 5.78 Å². The van der Waals surface area contributed by atoms with Gasteiger partial charge in [0.25, 0.3) is 0 Å². The molecule has 302 valence electrons. The number of hydrogen-bond acceptors (Lipinski definition) is 4. The number of fused-ring (bicyclic) bond motifs is 7.